The number of pyridine rings is 1. The summed E-state index contributed by atoms with van der Waals surface area (Å²) < 4.78 is 5.31. The molecule has 0 aliphatic carbocycles. The second-order valence-corrected chi connectivity index (χ2v) is 9.33. The topological polar surface area (TPSA) is 78.5 Å². The van der Waals surface area contributed by atoms with Crippen LogP contribution in [0, 0.1) is 5.92 Å². The number of nitrogens with zero attached hydrogens (tertiary/aromatic N) is 3. The van der Waals surface area contributed by atoms with E-state index in [1.165, 1.54) is 5.57 Å². The van der Waals surface area contributed by atoms with Crippen LogP contribution in [0.5, 0.6) is 5.75 Å². The van der Waals surface area contributed by atoms with Gasteiger partial charge in [-0.1, -0.05) is 31.6 Å². The number of nitrogens with one attached hydrogen (secondary N) is 1. The highest BCUT2D eigenvalue weighted by Gasteiger charge is 2.45. The fraction of sp³-hybridized carbons (Fsp3) is 0.393. The standard InChI is InChI=1S/C28H32N4O3/c1-3-4-14-32-25(33)17-23(26(32)20-7-9-21(35-2)10-8-20)28(34)31-15-11-19(12-16-31)24-18-30-27-22(24)6-5-13-29-27/h5-11,13,18,23,26H,3-4,12,14-17H2,1-2H3,(H,29,30). The molecule has 1 fully saturated rings. The molecule has 2 aliphatic rings. The number of aromatic amines is 1. The summed E-state index contributed by atoms with van der Waals surface area (Å²) >= 11 is 0. The van der Waals surface area contributed by atoms with Gasteiger partial charge in [0.2, 0.25) is 11.8 Å². The molecule has 0 spiro atoms. The second-order valence-electron chi connectivity index (χ2n) is 9.33. The summed E-state index contributed by atoms with van der Waals surface area (Å²) in [6.45, 7) is 3.99. The van der Waals surface area contributed by atoms with Crippen LogP contribution in [0.2, 0.25) is 0 Å². The third kappa shape index (κ3) is 4.43. The van der Waals surface area contributed by atoms with Gasteiger partial charge in [0.15, 0.2) is 0 Å². The Bertz CT molecular complexity index is 1250. The van der Waals surface area contributed by atoms with Gasteiger partial charge in [-0.05, 0) is 48.2 Å². The van der Waals surface area contributed by atoms with Crippen molar-refractivity contribution in [3.05, 3.63) is 66.0 Å². The summed E-state index contributed by atoms with van der Waals surface area (Å²) in [7, 11) is 1.64. The number of carbonyl (C=O) groups excluding carboxylic acids is 2. The molecule has 3 aromatic rings. The lowest BCUT2D eigenvalue weighted by atomic mass is 9.91. The van der Waals surface area contributed by atoms with E-state index in [1.54, 1.807) is 13.3 Å². The minimum atomic E-state index is -0.375. The van der Waals surface area contributed by atoms with Crippen LogP contribution >= 0.6 is 0 Å². The number of hydrogen-bond acceptors (Lipinski definition) is 4. The Hall–Kier alpha value is -3.61. The first kappa shape index (κ1) is 23.1. The van der Waals surface area contributed by atoms with Crippen molar-refractivity contribution in [2.24, 2.45) is 5.92 Å². The lowest BCUT2D eigenvalue weighted by Gasteiger charge is -2.33. The van der Waals surface area contributed by atoms with Crippen molar-refractivity contribution < 1.29 is 14.3 Å². The van der Waals surface area contributed by atoms with Gasteiger partial charge in [0.1, 0.15) is 11.4 Å². The average Bonchev–Trinajstić information content (AvgIpc) is 3.48. The first-order valence-electron chi connectivity index (χ1n) is 12.4. The maximum atomic E-state index is 13.8. The summed E-state index contributed by atoms with van der Waals surface area (Å²) in [5, 5.41) is 1.10. The van der Waals surface area contributed by atoms with Gasteiger partial charge in [-0.25, -0.2) is 4.98 Å². The summed E-state index contributed by atoms with van der Waals surface area (Å²) in [5.74, 6) is 0.522. The predicted molar refractivity (Wildman–Crippen MR) is 136 cm³/mol. The summed E-state index contributed by atoms with van der Waals surface area (Å²) in [4.78, 5) is 38.2. The number of H-pyrrole nitrogens is 1. The van der Waals surface area contributed by atoms with Crippen molar-refractivity contribution >= 4 is 28.4 Å². The molecule has 0 saturated carbocycles. The van der Waals surface area contributed by atoms with Gasteiger partial charge < -0.3 is 19.5 Å². The smallest absolute Gasteiger partial charge is 0.228 e. The highest BCUT2D eigenvalue weighted by atomic mass is 16.5. The maximum Gasteiger partial charge on any atom is 0.228 e. The van der Waals surface area contributed by atoms with E-state index in [-0.39, 0.29) is 30.2 Å². The van der Waals surface area contributed by atoms with Crippen LogP contribution in [-0.4, -0.2) is 58.3 Å². The van der Waals surface area contributed by atoms with Crippen molar-refractivity contribution in [3.8, 4) is 5.75 Å². The minimum Gasteiger partial charge on any atom is -0.497 e. The molecule has 7 heteroatoms. The number of likely N-dealkylation sites (tertiary alicyclic amines) is 1. The van der Waals surface area contributed by atoms with E-state index >= 15 is 0 Å². The molecule has 2 aliphatic heterocycles. The van der Waals surface area contributed by atoms with Gasteiger partial charge in [-0.2, -0.15) is 0 Å². The molecule has 0 radical (unpaired) electrons. The largest absolute Gasteiger partial charge is 0.497 e. The lowest BCUT2D eigenvalue weighted by Crippen LogP contribution is -2.41. The van der Waals surface area contributed by atoms with Crippen molar-refractivity contribution in [3.63, 3.8) is 0 Å². The Balaban J connectivity index is 1.37. The Morgan fingerprint density at radius 3 is 2.77 bits per heavy atom. The van der Waals surface area contributed by atoms with Crippen molar-refractivity contribution in [2.75, 3.05) is 26.7 Å². The number of hydrogen-bond donors (Lipinski definition) is 1. The van der Waals surface area contributed by atoms with Gasteiger partial charge >= 0.3 is 0 Å². The molecule has 35 heavy (non-hydrogen) atoms. The third-order valence-electron chi connectivity index (χ3n) is 7.28. The van der Waals surface area contributed by atoms with Crippen molar-refractivity contribution in [1.29, 1.82) is 0 Å². The summed E-state index contributed by atoms with van der Waals surface area (Å²) in [5.41, 5.74) is 4.25. The number of ether oxygens (including phenoxy) is 1. The van der Waals surface area contributed by atoms with E-state index in [0.717, 1.165) is 47.2 Å². The monoisotopic (exact) mass is 472 g/mol. The Morgan fingerprint density at radius 2 is 2.06 bits per heavy atom. The molecule has 182 valence electrons. The molecule has 1 aromatic carbocycles. The van der Waals surface area contributed by atoms with Crippen LogP contribution in [0.25, 0.3) is 16.6 Å². The van der Waals surface area contributed by atoms with E-state index < -0.39 is 0 Å². The normalized spacial score (nSPS) is 20.4. The second kappa shape index (κ2) is 9.94. The average molecular weight is 473 g/mol. The quantitative estimate of drug-likeness (QED) is 0.546. The first-order chi connectivity index (χ1) is 17.1. The highest BCUT2D eigenvalue weighted by Crippen LogP contribution is 2.40. The molecule has 2 aromatic heterocycles. The number of unbranched alkanes of at least 4 members (excludes halogenated alkanes) is 1. The number of methoxy groups -OCH3 is 1. The molecule has 2 unspecified atom stereocenters. The number of rotatable bonds is 7. The minimum absolute atomic E-state index is 0.0639. The third-order valence-corrected chi connectivity index (χ3v) is 7.28. The molecule has 0 bridgehead atoms. The van der Waals surface area contributed by atoms with Gasteiger partial charge in [0, 0.05) is 49.4 Å². The van der Waals surface area contributed by atoms with Crippen LogP contribution < -0.4 is 4.74 Å². The van der Waals surface area contributed by atoms with Crippen LogP contribution in [0.1, 0.15) is 49.8 Å². The van der Waals surface area contributed by atoms with Crippen LogP contribution in [-0.2, 0) is 9.59 Å². The predicted octanol–water partition coefficient (Wildman–Crippen LogP) is 4.58. The Morgan fingerprint density at radius 1 is 1.23 bits per heavy atom. The molecule has 2 atom stereocenters. The van der Waals surface area contributed by atoms with Gasteiger partial charge in [-0.3, -0.25) is 9.59 Å². The van der Waals surface area contributed by atoms with Gasteiger partial charge in [0.05, 0.1) is 19.1 Å². The first-order valence-corrected chi connectivity index (χ1v) is 12.4. The number of amides is 2. The highest BCUT2D eigenvalue weighted by molar-refractivity contribution is 5.93. The van der Waals surface area contributed by atoms with E-state index in [0.29, 0.717) is 19.6 Å². The van der Waals surface area contributed by atoms with Crippen LogP contribution in [0.15, 0.2) is 54.9 Å². The molecule has 1 saturated heterocycles. The number of fused-ring (bicyclic) bond motifs is 1. The SMILES string of the molecule is CCCCN1C(=O)CC(C(=O)N2CC=C(c3c[nH]c4ncccc34)CC2)C1c1ccc(OC)cc1. The van der Waals surface area contributed by atoms with Gasteiger partial charge in [0.25, 0.3) is 0 Å². The van der Waals surface area contributed by atoms with Crippen LogP contribution in [0.3, 0.4) is 0 Å². The molecule has 7 nitrogen and oxygen atoms in total. The molecular formula is C28H32N4O3. The fourth-order valence-corrected chi connectivity index (χ4v) is 5.39. The molecule has 2 amide bonds. The Labute approximate surface area is 205 Å². The zero-order valence-electron chi connectivity index (χ0n) is 20.4. The molecule has 5 rings (SSSR count). The van der Waals surface area contributed by atoms with E-state index in [1.807, 2.05) is 46.3 Å². The van der Waals surface area contributed by atoms with Crippen LogP contribution in [0.4, 0.5) is 0 Å². The fourth-order valence-electron chi connectivity index (χ4n) is 5.39. The molecule has 1 N–H and O–H groups in total. The summed E-state index contributed by atoms with van der Waals surface area (Å²) in [6.07, 6.45) is 8.90. The molecular weight excluding hydrogens is 440 g/mol. The maximum absolute atomic E-state index is 13.8. The Kier molecular flexibility index (Phi) is 6.57. The number of aromatic nitrogens is 2. The van der Waals surface area contributed by atoms with Crippen molar-refractivity contribution in [2.45, 2.75) is 38.6 Å². The zero-order valence-corrected chi connectivity index (χ0v) is 20.4. The number of benzene rings is 1. The summed E-state index contributed by atoms with van der Waals surface area (Å²) in [6, 6.07) is 11.6. The van der Waals surface area contributed by atoms with Gasteiger partial charge in [-0.15, -0.1) is 0 Å². The zero-order chi connectivity index (χ0) is 24.4. The van der Waals surface area contributed by atoms with E-state index in [9.17, 15) is 9.59 Å². The van der Waals surface area contributed by atoms with E-state index in [4.69, 9.17) is 4.74 Å². The van der Waals surface area contributed by atoms with E-state index in [2.05, 4.69) is 29.0 Å². The van der Waals surface area contributed by atoms with Crippen molar-refractivity contribution in [1.82, 2.24) is 19.8 Å². The molecule has 4 heterocycles. The lowest BCUT2D eigenvalue weighted by molar-refractivity contribution is -0.136. The number of carbonyl (C=O) groups is 2.